The summed E-state index contributed by atoms with van der Waals surface area (Å²) in [6.45, 7) is 9.45. The highest BCUT2D eigenvalue weighted by atomic mass is 32.3. The van der Waals surface area contributed by atoms with Crippen LogP contribution in [0.25, 0.3) is 22.8 Å². The van der Waals surface area contributed by atoms with Gasteiger partial charge in [-0.3, -0.25) is 18.7 Å². The van der Waals surface area contributed by atoms with Gasteiger partial charge in [-0.1, -0.05) is 74.5 Å². The van der Waals surface area contributed by atoms with Crippen molar-refractivity contribution in [3.05, 3.63) is 143 Å². The standard InChI is InChI=1S/2C25H27F3N2O3.H2O4S/c2*1-17(14-23(31)32)6-5-13-33-22-8-4-3-7-20(22)16-30-18(2)15-29-24(30)19-9-11-21(12-10-19)25(26,27)28;1-5(2,3)4/h2*3-4,7-12,15,17H,5-6,13-14,16H2,1-2H3,(H,31,32);(H2,1,2,3,4)/t2*17-;/m11./s1. The molecule has 6 rings (SSSR count). The highest BCUT2D eigenvalue weighted by molar-refractivity contribution is 7.79. The molecule has 21 heteroatoms. The van der Waals surface area contributed by atoms with Gasteiger partial charge >= 0.3 is 34.7 Å². The van der Waals surface area contributed by atoms with Crippen molar-refractivity contribution in [3.8, 4) is 34.3 Å². The molecule has 0 aliphatic rings. The van der Waals surface area contributed by atoms with Crippen LogP contribution < -0.4 is 9.47 Å². The minimum absolute atomic E-state index is 0.0845. The fourth-order valence-corrected chi connectivity index (χ4v) is 7.32. The number of benzene rings is 4. The summed E-state index contributed by atoms with van der Waals surface area (Å²) in [4.78, 5) is 30.4. The van der Waals surface area contributed by atoms with Gasteiger partial charge < -0.3 is 28.8 Å². The Kier molecular flexibility index (Phi) is 20.8. The molecule has 2 heterocycles. The summed E-state index contributed by atoms with van der Waals surface area (Å²) >= 11 is 0. The predicted molar refractivity (Wildman–Crippen MR) is 252 cm³/mol. The maximum Gasteiger partial charge on any atom is 0.416 e. The molecular formula is C50H56F6N4O10S. The van der Waals surface area contributed by atoms with Crippen molar-refractivity contribution >= 4 is 22.3 Å². The van der Waals surface area contributed by atoms with E-state index in [9.17, 15) is 35.9 Å². The van der Waals surface area contributed by atoms with Gasteiger partial charge in [-0.05, 0) is 87.8 Å². The van der Waals surface area contributed by atoms with Gasteiger partial charge in [0.1, 0.15) is 23.1 Å². The molecule has 2 atom stereocenters. The van der Waals surface area contributed by atoms with Gasteiger partial charge in [0.15, 0.2) is 0 Å². The molecule has 0 saturated carbocycles. The fraction of sp³-hybridized carbons (Fsp3) is 0.360. The summed E-state index contributed by atoms with van der Waals surface area (Å²) in [6, 6.07) is 25.2. The third-order valence-corrected chi connectivity index (χ3v) is 10.9. The number of ether oxygens (including phenoxy) is 2. The summed E-state index contributed by atoms with van der Waals surface area (Å²) in [5.41, 5.74) is 3.40. The molecule has 0 aliphatic heterocycles. The molecule has 0 spiro atoms. The molecule has 0 aliphatic carbocycles. The molecule has 0 bridgehead atoms. The van der Waals surface area contributed by atoms with Crippen molar-refractivity contribution in [1.82, 2.24) is 19.1 Å². The normalized spacial score (nSPS) is 12.5. The zero-order chi connectivity index (χ0) is 52.5. The maximum atomic E-state index is 12.9. The van der Waals surface area contributed by atoms with Crippen LogP contribution in [0, 0.1) is 25.7 Å². The van der Waals surface area contributed by atoms with Crippen molar-refractivity contribution in [2.45, 2.75) is 91.7 Å². The Morgan fingerprint density at radius 1 is 0.592 bits per heavy atom. The number of aliphatic carboxylic acids is 2. The van der Waals surface area contributed by atoms with E-state index in [1.165, 1.54) is 24.3 Å². The molecule has 0 amide bonds. The van der Waals surface area contributed by atoms with Crippen molar-refractivity contribution < 1.29 is 73.1 Å². The third kappa shape index (κ3) is 19.2. The van der Waals surface area contributed by atoms with E-state index in [0.29, 0.717) is 49.1 Å². The number of carbonyl (C=O) groups is 2. The summed E-state index contributed by atoms with van der Waals surface area (Å²) in [7, 11) is -4.67. The van der Waals surface area contributed by atoms with Crippen LogP contribution in [-0.4, -0.2) is 72.0 Å². The topological polar surface area (TPSA) is 203 Å². The van der Waals surface area contributed by atoms with Crippen LogP contribution in [0.2, 0.25) is 0 Å². The minimum Gasteiger partial charge on any atom is -0.493 e. The van der Waals surface area contributed by atoms with E-state index in [1.54, 1.807) is 12.4 Å². The zero-order valence-corrected chi connectivity index (χ0v) is 40.1. The Morgan fingerprint density at radius 2 is 0.915 bits per heavy atom. The van der Waals surface area contributed by atoms with E-state index >= 15 is 0 Å². The van der Waals surface area contributed by atoms with Gasteiger partial charge in [-0.15, -0.1) is 0 Å². The maximum absolute atomic E-state index is 12.9. The SMILES string of the molecule is Cc1cnc(-c2ccc(C(F)(F)F)cc2)n1Cc1ccccc1OCCC[C@@H](C)CC(=O)O.Cc1cnc(-c2ccc(C(F)(F)F)cc2)n1Cc1ccccc1OCCC[C@@H](C)CC(=O)O.O=S(=O)(O)O. The van der Waals surface area contributed by atoms with E-state index in [0.717, 1.165) is 84.0 Å². The van der Waals surface area contributed by atoms with E-state index in [4.69, 9.17) is 37.2 Å². The minimum atomic E-state index is -4.67. The number of aromatic nitrogens is 4. The number of rotatable bonds is 20. The smallest absolute Gasteiger partial charge is 0.416 e. The van der Waals surface area contributed by atoms with Crippen LogP contribution in [0.15, 0.2) is 109 Å². The molecule has 14 nitrogen and oxygen atoms in total. The molecule has 0 saturated heterocycles. The lowest BCUT2D eigenvalue weighted by atomic mass is 10.0. The van der Waals surface area contributed by atoms with Gasteiger partial charge in [0.05, 0.1) is 37.4 Å². The van der Waals surface area contributed by atoms with Gasteiger partial charge in [0, 0.05) is 58.9 Å². The lowest BCUT2D eigenvalue weighted by Gasteiger charge is -2.16. The number of aryl methyl sites for hydroxylation is 2. The average Bonchev–Trinajstić information content (AvgIpc) is 3.83. The second-order valence-electron chi connectivity index (χ2n) is 16.8. The first-order valence-corrected chi connectivity index (χ1v) is 23.6. The monoisotopic (exact) mass is 1020 g/mol. The molecule has 4 N–H and O–H groups in total. The van der Waals surface area contributed by atoms with Crippen LogP contribution in [0.3, 0.4) is 0 Å². The number of hydrogen-bond acceptors (Lipinski definition) is 8. The summed E-state index contributed by atoms with van der Waals surface area (Å²) in [5.74, 6) is 1.17. The molecule has 6 aromatic rings. The Bertz CT molecular complexity index is 2580. The van der Waals surface area contributed by atoms with E-state index < -0.39 is 45.8 Å². The number of carboxylic acids is 2. The number of para-hydroxylation sites is 2. The number of halogens is 6. The molecule has 0 unspecified atom stereocenters. The Morgan fingerprint density at radius 3 is 1.23 bits per heavy atom. The predicted octanol–water partition coefficient (Wildman–Crippen LogP) is 11.7. The molecule has 0 radical (unpaired) electrons. The Balaban J connectivity index is 0.000000282. The Labute approximate surface area is 407 Å². The van der Waals surface area contributed by atoms with Crippen LogP contribution in [0.1, 0.15) is 86.0 Å². The highest BCUT2D eigenvalue weighted by Crippen LogP contribution is 2.33. The summed E-state index contributed by atoms with van der Waals surface area (Å²) in [6.07, 6.45) is -2.10. The number of nitrogens with zero attached hydrogens (tertiary/aromatic N) is 4. The second-order valence-corrected chi connectivity index (χ2v) is 17.7. The molecule has 0 fully saturated rings. The lowest BCUT2D eigenvalue weighted by molar-refractivity contribution is -0.139. The molecule has 384 valence electrons. The Hall–Kier alpha value is -6.71. The molecule has 4 aromatic carbocycles. The first-order chi connectivity index (χ1) is 33.3. The summed E-state index contributed by atoms with van der Waals surface area (Å²) < 4.78 is 125. The van der Waals surface area contributed by atoms with Gasteiger partial charge in [-0.2, -0.15) is 34.8 Å². The zero-order valence-electron chi connectivity index (χ0n) is 39.3. The van der Waals surface area contributed by atoms with Gasteiger partial charge in [0.25, 0.3) is 0 Å². The lowest BCUT2D eigenvalue weighted by Crippen LogP contribution is -2.09. The van der Waals surface area contributed by atoms with Gasteiger partial charge in [0.2, 0.25) is 0 Å². The first kappa shape index (κ1) is 56.9. The quantitative estimate of drug-likeness (QED) is 0.0320. The third-order valence-electron chi connectivity index (χ3n) is 10.9. The number of carboxylic acid groups (broad SMARTS) is 2. The second kappa shape index (κ2) is 25.9. The number of hydrogen-bond donors (Lipinski definition) is 4. The fourth-order valence-electron chi connectivity index (χ4n) is 7.32. The van der Waals surface area contributed by atoms with Crippen molar-refractivity contribution in [2.75, 3.05) is 13.2 Å². The van der Waals surface area contributed by atoms with Crippen molar-refractivity contribution in [3.63, 3.8) is 0 Å². The van der Waals surface area contributed by atoms with Crippen LogP contribution in [0.5, 0.6) is 11.5 Å². The van der Waals surface area contributed by atoms with Gasteiger partial charge in [-0.25, -0.2) is 9.97 Å². The van der Waals surface area contributed by atoms with E-state index in [-0.39, 0.29) is 24.7 Å². The van der Waals surface area contributed by atoms with Crippen LogP contribution >= 0.6 is 0 Å². The molecule has 2 aromatic heterocycles. The largest absolute Gasteiger partial charge is 0.493 e. The van der Waals surface area contributed by atoms with Crippen LogP contribution in [0.4, 0.5) is 26.3 Å². The average molecular weight is 1020 g/mol. The van der Waals surface area contributed by atoms with Crippen molar-refractivity contribution in [1.29, 1.82) is 0 Å². The molecular weight excluding hydrogens is 963 g/mol. The van der Waals surface area contributed by atoms with E-state index in [1.807, 2.05) is 85.4 Å². The first-order valence-electron chi connectivity index (χ1n) is 22.2. The number of alkyl halides is 6. The molecule has 71 heavy (non-hydrogen) atoms. The number of imidazole rings is 2. The highest BCUT2D eigenvalue weighted by Gasteiger charge is 2.31. The summed E-state index contributed by atoms with van der Waals surface area (Å²) in [5, 5.41) is 17.7. The van der Waals surface area contributed by atoms with E-state index in [2.05, 4.69) is 9.97 Å². The van der Waals surface area contributed by atoms with Crippen LogP contribution in [-0.2, 0) is 45.4 Å². The van der Waals surface area contributed by atoms with Crippen molar-refractivity contribution in [2.24, 2.45) is 11.8 Å².